The van der Waals surface area contributed by atoms with E-state index in [1.54, 1.807) is 0 Å². The van der Waals surface area contributed by atoms with E-state index in [0.29, 0.717) is 0 Å². The molecule has 6 heavy (non-hydrogen) atoms. The van der Waals surface area contributed by atoms with Gasteiger partial charge < -0.3 is 5.21 Å². The van der Waals surface area contributed by atoms with Gasteiger partial charge in [-0.15, -0.1) is 0 Å². The second-order valence-corrected chi connectivity index (χ2v) is 0.980. The number of hydrogen-bond acceptors (Lipinski definition) is 2. The van der Waals surface area contributed by atoms with E-state index in [0.717, 1.165) is 0 Å². The second kappa shape index (κ2) is 2.66. The summed E-state index contributed by atoms with van der Waals surface area (Å²) in [6.07, 6.45) is 0. The number of oxime groups is 1. The summed E-state index contributed by atoms with van der Waals surface area (Å²) >= 11 is 0. The lowest BCUT2D eigenvalue weighted by Crippen LogP contribution is -1.93. The molecular formula is C3H6NO2. The summed E-state index contributed by atoms with van der Waals surface area (Å²) in [6.45, 7) is 1.05. The minimum absolute atomic E-state index is 0.218. The van der Waals surface area contributed by atoms with Gasteiger partial charge in [0.2, 0.25) is 0 Å². The van der Waals surface area contributed by atoms with Crippen LogP contribution in [0.5, 0.6) is 0 Å². The largest absolute Gasteiger partial charge is 0.411 e. The van der Waals surface area contributed by atoms with E-state index >= 15 is 0 Å². The van der Waals surface area contributed by atoms with Crippen molar-refractivity contribution in [2.75, 3.05) is 6.61 Å². The molecule has 0 aliphatic heterocycles. The van der Waals surface area contributed by atoms with Crippen LogP contribution in [0.3, 0.4) is 0 Å². The van der Waals surface area contributed by atoms with E-state index in [1.165, 1.54) is 6.92 Å². The Morgan fingerprint density at radius 1 is 2.00 bits per heavy atom. The molecule has 0 saturated carbocycles. The van der Waals surface area contributed by atoms with Gasteiger partial charge in [-0.05, 0) is 6.92 Å². The molecule has 35 valence electrons. The van der Waals surface area contributed by atoms with Crippen LogP contribution in [0.15, 0.2) is 5.16 Å². The van der Waals surface area contributed by atoms with Crippen molar-refractivity contribution in [1.82, 2.24) is 0 Å². The maximum atomic E-state index is 9.57. The Morgan fingerprint density at radius 2 is 2.50 bits per heavy atom. The summed E-state index contributed by atoms with van der Waals surface area (Å²) in [5, 5.41) is 19.9. The Bertz CT molecular complexity index is 59.8. The van der Waals surface area contributed by atoms with Crippen LogP contribution in [0.4, 0.5) is 0 Å². The van der Waals surface area contributed by atoms with Gasteiger partial charge in [0.15, 0.2) is 0 Å². The predicted octanol–water partition coefficient (Wildman–Crippen LogP) is 0.267. The van der Waals surface area contributed by atoms with Gasteiger partial charge in [0.05, 0.1) is 5.71 Å². The standard InChI is InChI=1S/C3H6NO2/c1-3(2-5)4-6/h6H,2H2,1H3. The zero-order valence-electron chi connectivity index (χ0n) is 3.51. The van der Waals surface area contributed by atoms with E-state index < -0.39 is 6.61 Å². The monoisotopic (exact) mass is 88.0 g/mol. The third-order valence-electron chi connectivity index (χ3n) is 0.380. The molecule has 0 bridgehead atoms. The van der Waals surface area contributed by atoms with Crippen LogP contribution in [0.25, 0.3) is 0 Å². The highest BCUT2D eigenvalue weighted by Crippen LogP contribution is 1.67. The van der Waals surface area contributed by atoms with Gasteiger partial charge in [-0.25, -0.2) is 5.11 Å². The molecule has 0 fully saturated rings. The molecule has 1 radical (unpaired) electrons. The van der Waals surface area contributed by atoms with Crippen molar-refractivity contribution in [1.29, 1.82) is 0 Å². The summed E-state index contributed by atoms with van der Waals surface area (Å²) in [4.78, 5) is 0. The van der Waals surface area contributed by atoms with Crippen molar-refractivity contribution in [3.8, 4) is 0 Å². The highest BCUT2D eigenvalue weighted by Gasteiger charge is 1.81. The first kappa shape index (κ1) is 5.43. The third-order valence-corrected chi connectivity index (χ3v) is 0.380. The van der Waals surface area contributed by atoms with Crippen molar-refractivity contribution in [3.05, 3.63) is 0 Å². The van der Waals surface area contributed by atoms with E-state index in [4.69, 9.17) is 5.21 Å². The van der Waals surface area contributed by atoms with Crippen LogP contribution >= 0.6 is 0 Å². The molecule has 0 aromatic carbocycles. The minimum atomic E-state index is -0.420. The lowest BCUT2D eigenvalue weighted by molar-refractivity contribution is 0.236. The molecule has 0 aromatic rings. The van der Waals surface area contributed by atoms with Crippen LogP contribution in [0.1, 0.15) is 6.92 Å². The molecule has 0 rings (SSSR count). The third kappa shape index (κ3) is 1.72. The van der Waals surface area contributed by atoms with Crippen molar-refractivity contribution < 1.29 is 10.3 Å². The average molecular weight is 88.1 g/mol. The molecular weight excluding hydrogens is 82.0 g/mol. The molecule has 0 aliphatic rings. The SMILES string of the molecule is CC(C[O])=NO. The summed E-state index contributed by atoms with van der Waals surface area (Å²) < 4.78 is 0. The molecule has 0 spiro atoms. The lowest BCUT2D eigenvalue weighted by Gasteiger charge is -1.79. The molecule has 0 amide bonds. The Balaban J connectivity index is 3.22. The molecule has 0 atom stereocenters. The fourth-order valence-electron chi connectivity index (χ4n) is 0.0289. The second-order valence-electron chi connectivity index (χ2n) is 0.980. The van der Waals surface area contributed by atoms with Crippen molar-refractivity contribution in [2.45, 2.75) is 6.92 Å². The minimum Gasteiger partial charge on any atom is -0.411 e. The Labute approximate surface area is 35.9 Å². The van der Waals surface area contributed by atoms with E-state index in [9.17, 15) is 5.11 Å². The number of hydrogen-bond donors (Lipinski definition) is 1. The zero-order valence-corrected chi connectivity index (χ0v) is 3.51. The van der Waals surface area contributed by atoms with Crippen LogP contribution in [0.2, 0.25) is 0 Å². The molecule has 0 heterocycles. The molecule has 3 heteroatoms. The lowest BCUT2D eigenvalue weighted by atomic mass is 10.5. The molecule has 1 N–H and O–H groups in total. The average Bonchev–Trinajstić information content (AvgIpc) is 1.65. The Hall–Kier alpha value is -0.570. The molecule has 0 unspecified atom stereocenters. The van der Waals surface area contributed by atoms with Gasteiger partial charge in [0.25, 0.3) is 0 Å². The van der Waals surface area contributed by atoms with Gasteiger partial charge in [0.1, 0.15) is 6.61 Å². The molecule has 3 nitrogen and oxygen atoms in total. The summed E-state index contributed by atoms with van der Waals surface area (Å²) in [5.41, 5.74) is 0.218. The highest BCUT2D eigenvalue weighted by molar-refractivity contribution is 5.82. The van der Waals surface area contributed by atoms with E-state index in [-0.39, 0.29) is 5.71 Å². The van der Waals surface area contributed by atoms with E-state index in [1.807, 2.05) is 0 Å². The quantitative estimate of drug-likeness (QED) is 0.279. The highest BCUT2D eigenvalue weighted by atomic mass is 16.4. The Kier molecular flexibility index (Phi) is 2.40. The predicted molar refractivity (Wildman–Crippen MR) is 20.4 cm³/mol. The van der Waals surface area contributed by atoms with Gasteiger partial charge in [-0.1, -0.05) is 5.16 Å². The first-order chi connectivity index (χ1) is 2.81. The van der Waals surface area contributed by atoms with Gasteiger partial charge in [0, 0.05) is 0 Å². The van der Waals surface area contributed by atoms with Crippen molar-refractivity contribution in [2.24, 2.45) is 5.16 Å². The fourth-order valence-corrected chi connectivity index (χ4v) is 0.0289. The zero-order chi connectivity index (χ0) is 4.99. The summed E-state index contributed by atoms with van der Waals surface area (Å²) in [6, 6.07) is 0. The van der Waals surface area contributed by atoms with Crippen LogP contribution in [0, 0.1) is 0 Å². The van der Waals surface area contributed by atoms with Crippen molar-refractivity contribution >= 4 is 5.71 Å². The smallest absolute Gasteiger partial charge is 0.123 e. The van der Waals surface area contributed by atoms with Gasteiger partial charge in [-0.3, -0.25) is 0 Å². The van der Waals surface area contributed by atoms with Crippen molar-refractivity contribution in [3.63, 3.8) is 0 Å². The Morgan fingerprint density at radius 3 is 2.50 bits per heavy atom. The van der Waals surface area contributed by atoms with Crippen LogP contribution < -0.4 is 0 Å². The summed E-state index contributed by atoms with van der Waals surface area (Å²) in [5.74, 6) is 0. The van der Waals surface area contributed by atoms with Crippen LogP contribution in [-0.4, -0.2) is 17.5 Å². The number of rotatable bonds is 1. The van der Waals surface area contributed by atoms with Gasteiger partial charge in [-0.2, -0.15) is 0 Å². The maximum absolute atomic E-state index is 9.57. The van der Waals surface area contributed by atoms with E-state index in [2.05, 4.69) is 5.16 Å². The summed E-state index contributed by atoms with van der Waals surface area (Å²) in [7, 11) is 0. The fraction of sp³-hybridized carbons (Fsp3) is 0.667. The molecule has 0 aliphatic carbocycles. The molecule has 0 aromatic heterocycles. The number of nitrogens with zero attached hydrogens (tertiary/aromatic N) is 1. The first-order valence-electron chi connectivity index (χ1n) is 1.57. The normalized spacial score (nSPS) is 12.0. The maximum Gasteiger partial charge on any atom is 0.123 e. The topological polar surface area (TPSA) is 52.5 Å². The first-order valence-corrected chi connectivity index (χ1v) is 1.57. The van der Waals surface area contributed by atoms with Gasteiger partial charge >= 0.3 is 0 Å². The van der Waals surface area contributed by atoms with Crippen LogP contribution in [-0.2, 0) is 5.11 Å². The molecule has 0 saturated heterocycles.